The number of hydrogen-bond donors (Lipinski definition) is 1. The van der Waals surface area contributed by atoms with Gasteiger partial charge in [-0.3, -0.25) is 0 Å². The standard InChI is InChI=1S/C34H29N/c1-34(2,3)25-12-10-11-23(21-25)24-19-20-33-31(22-24)29-16-7-5-14-27(29)26-13-4-6-15-28(26)30-17-8-9-18-32(30)35-33/h4-22,35H,1-3H3. The van der Waals surface area contributed by atoms with Crippen molar-refractivity contribution in [1.82, 2.24) is 4.98 Å². The van der Waals surface area contributed by atoms with Crippen molar-refractivity contribution in [2.75, 3.05) is 0 Å². The Labute approximate surface area is 206 Å². The fourth-order valence-corrected chi connectivity index (χ4v) is 5.10. The predicted octanol–water partition coefficient (Wildman–Crippen LogP) is 9.72. The summed E-state index contributed by atoms with van der Waals surface area (Å²) in [6.45, 7) is 6.81. The molecule has 1 heteroatoms. The zero-order valence-corrected chi connectivity index (χ0v) is 20.5. The molecule has 0 aliphatic rings. The lowest BCUT2D eigenvalue weighted by Gasteiger charge is -2.20. The van der Waals surface area contributed by atoms with Crippen molar-refractivity contribution in [3.63, 3.8) is 0 Å². The maximum atomic E-state index is 3.78. The molecule has 0 atom stereocenters. The van der Waals surface area contributed by atoms with Gasteiger partial charge in [0, 0.05) is 21.8 Å². The van der Waals surface area contributed by atoms with Crippen LogP contribution in [0.15, 0.2) is 115 Å². The summed E-state index contributed by atoms with van der Waals surface area (Å²) < 4.78 is 0. The van der Waals surface area contributed by atoms with Gasteiger partial charge in [-0.25, -0.2) is 0 Å². The van der Waals surface area contributed by atoms with Crippen LogP contribution in [0.1, 0.15) is 26.3 Å². The highest BCUT2D eigenvalue weighted by Gasteiger charge is 2.14. The van der Waals surface area contributed by atoms with E-state index in [2.05, 4.69) is 141 Å². The van der Waals surface area contributed by atoms with Crippen LogP contribution in [0.3, 0.4) is 0 Å². The number of H-pyrrole nitrogens is 1. The molecule has 0 spiro atoms. The Balaban J connectivity index is 1.79. The van der Waals surface area contributed by atoms with Gasteiger partial charge in [0.2, 0.25) is 0 Å². The van der Waals surface area contributed by atoms with Crippen molar-refractivity contribution in [2.45, 2.75) is 26.2 Å². The summed E-state index contributed by atoms with van der Waals surface area (Å²) in [6.07, 6.45) is 0. The van der Waals surface area contributed by atoms with Crippen molar-refractivity contribution < 1.29 is 0 Å². The first-order valence-electron chi connectivity index (χ1n) is 12.3. The lowest BCUT2D eigenvalue weighted by molar-refractivity contribution is 0.590. The average Bonchev–Trinajstić information content (AvgIpc) is 2.93. The molecule has 0 saturated heterocycles. The molecule has 0 unspecified atom stereocenters. The maximum absolute atomic E-state index is 3.78. The second-order valence-corrected chi connectivity index (χ2v) is 10.4. The third kappa shape index (κ3) is 3.84. The fraction of sp³-hybridized carbons (Fsp3) is 0.118. The Morgan fingerprint density at radius 1 is 0.429 bits per heavy atom. The molecule has 6 aromatic rings. The van der Waals surface area contributed by atoms with Crippen LogP contribution in [0.2, 0.25) is 0 Å². The molecule has 1 N–H and O–H groups in total. The molecular weight excluding hydrogens is 422 g/mol. The first kappa shape index (κ1) is 21.4. The SMILES string of the molecule is CC(C)(C)c1cccc(-c2ccc3[nH]c4ccccc4c4ccccc4c4ccccc4c3c2)c1. The lowest BCUT2D eigenvalue weighted by Crippen LogP contribution is -2.10. The number of rotatable bonds is 1. The molecular formula is C34H29N. The van der Waals surface area contributed by atoms with E-state index in [1.54, 1.807) is 0 Å². The maximum Gasteiger partial charge on any atom is 0.0464 e. The number of nitrogens with one attached hydrogen (secondary N) is 1. The summed E-state index contributed by atoms with van der Waals surface area (Å²) in [4.78, 5) is 3.78. The topological polar surface area (TPSA) is 15.8 Å². The van der Waals surface area contributed by atoms with Crippen LogP contribution in [0.25, 0.3) is 54.5 Å². The third-order valence-electron chi connectivity index (χ3n) is 7.00. The second kappa shape index (κ2) is 8.29. The molecule has 1 heterocycles. The summed E-state index contributed by atoms with van der Waals surface area (Å²) in [6, 6.07) is 41.9. The quantitative estimate of drug-likeness (QED) is 0.256. The van der Waals surface area contributed by atoms with Gasteiger partial charge in [0.1, 0.15) is 0 Å². The first-order chi connectivity index (χ1) is 17.0. The number of para-hydroxylation sites is 1. The molecule has 1 aromatic heterocycles. The van der Waals surface area contributed by atoms with Crippen molar-refractivity contribution in [2.24, 2.45) is 0 Å². The van der Waals surface area contributed by atoms with Gasteiger partial charge < -0.3 is 4.98 Å². The zero-order chi connectivity index (χ0) is 24.0. The smallest absolute Gasteiger partial charge is 0.0464 e. The number of fused-ring (bicyclic) bond motifs is 7. The van der Waals surface area contributed by atoms with Crippen LogP contribution in [0.5, 0.6) is 0 Å². The number of aromatic amines is 1. The van der Waals surface area contributed by atoms with E-state index in [4.69, 9.17) is 0 Å². The van der Waals surface area contributed by atoms with Gasteiger partial charge in [0.15, 0.2) is 0 Å². The Kier molecular flexibility index (Phi) is 5.07. The average molecular weight is 452 g/mol. The van der Waals surface area contributed by atoms with Gasteiger partial charge in [-0.15, -0.1) is 0 Å². The normalized spacial score (nSPS) is 11.9. The van der Waals surface area contributed by atoms with Crippen molar-refractivity contribution in [1.29, 1.82) is 0 Å². The Morgan fingerprint density at radius 2 is 0.943 bits per heavy atom. The molecule has 0 fully saturated rings. The molecule has 170 valence electrons. The summed E-state index contributed by atoms with van der Waals surface area (Å²) in [5.41, 5.74) is 6.18. The molecule has 0 amide bonds. The minimum absolute atomic E-state index is 0.110. The second-order valence-electron chi connectivity index (χ2n) is 10.4. The molecule has 35 heavy (non-hydrogen) atoms. The molecule has 0 bridgehead atoms. The van der Waals surface area contributed by atoms with Gasteiger partial charge in [-0.1, -0.05) is 118 Å². The lowest BCUT2D eigenvalue weighted by atomic mass is 9.85. The third-order valence-corrected chi connectivity index (χ3v) is 7.00. The summed E-state index contributed by atoms with van der Waals surface area (Å²) in [5, 5.41) is 7.42. The van der Waals surface area contributed by atoms with Gasteiger partial charge in [0.25, 0.3) is 0 Å². The summed E-state index contributed by atoms with van der Waals surface area (Å²) in [5.74, 6) is 0. The number of benzene rings is 5. The molecule has 0 aliphatic carbocycles. The van der Waals surface area contributed by atoms with Crippen LogP contribution < -0.4 is 0 Å². The van der Waals surface area contributed by atoms with Gasteiger partial charge in [-0.05, 0) is 61.8 Å². The monoisotopic (exact) mass is 451 g/mol. The summed E-state index contributed by atoms with van der Waals surface area (Å²) >= 11 is 0. The minimum Gasteiger partial charge on any atom is -0.355 e. The van der Waals surface area contributed by atoms with E-state index in [-0.39, 0.29) is 5.41 Å². The van der Waals surface area contributed by atoms with E-state index in [9.17, 15) is 0 Å². The van der Waals surface area contributed by atoms with Gasteiger partial charge >= 0.3 is 0 Å². The van der Waals surface area contributed by atoms with E-state index in [0.29, 0.717) is 0 Å². The molecule has 6 rings (SSSR count). The van der Waals surface area contributed by atoms with E-state index >= 15 is 0 Å². The molecule has 0 saturated carbocycles. The molecule has 1 nitrogen and oxygen atoms in total. The number of hydrogen-bond acceptors (Lipinski definition) is 0. The molecule has 0 radical (unpaired) electrons. The van der Waals surface area contributed by atoms with E-state index in [0.717, 1.165) is 11.0 Å². The van der Waals surface area contributed by atoms with Gasteiger partial charge in [-0.2, -0.15) is 0 Å². The van der Waals surface area contributed by atoms with Crippen LogP contribution in [0, 0.1) is 0 Å². The fourth-order valence-electron chi connectivity index (χ4n) is 5.10. The Hall–Kier alpha value is -4.10. The largest absolute Gasteiger partial charge is 0.355 e. The molecule has 5 aromatic carbocycles. The zero-order valence-electron chi connectivity index (χ0n) is 20.5. The van der Waals surface area contributed by atoms with E-state index in [1.165, 1.54) is 49.0 Å². The Morgan fingerprint density at radius 3 is 1.60 bits per heavy atom. The first-order valence-corrected chi connectivity index (χ1v) is 12.3. The van der Waals surface area contributed by atoms with Crippen LogP contribution in [0.4, 0.5) is 0 Å². The highest BCUT2D eigenvalue weighted by molar-refractivity contribution is 6.19. The highest BCUT2D eigenvalue weighted by atomic mass is 14.7. The van der Waals surface area contributed by atoms with E-state index in [1.807, 2.05) is 0 Å². The van der Waals surface area contributed by atoms with Crippen molar-refractivity contribution >= 4 is 43.4 Å². The predicted molar refractivity (Wildman–Crippen MR) is 153 cm³/mol. The van der Waals surface area contributed by atoms with Gasteiger partial charge in [0.05, 0.1) is 0 Å². The molecule has 0 aliphatic heterocycles. The van der Waals surface area contributed by atoms with Crippen LogP contribution >= 0.6 is 0 Å². The number of aromatic nitrogens is 1. The summed E-state index contributed by atoms with van der Waals surface area (Å²) in [7, 11) is 0. The van der Waals surface area contributed by atoms with Crippen molar-refractivity contribution in [3.8, 4) is 11.1 Å². The van der Waals surface area contributed by atoms with E-state index < -0.39 is 0 Å². The highest BCUT2D eigenvalue weighted by Crippen LogP contribution is 2.34. The van der Waals surface area contributed by atoms with Crippen molar-refractivity contribution in [3.05, 3.63) is 121 Å². The minimum atomic E-state index is 0.110. The van der Waals surface area contributed by atoms with Crippen LogP contribution in [-0.4, -0.2) is 4.98 Å². The van der Waals surface area contributed by atoms with Crippen LogP contribution in [-0.2, 0) is 5.41 Å². The Bertz CT molecular complexity index is 1780.